The van der Waals surface area contributed by atoms with E-state index in [-0.39, 0.29) is 29.1 Å². The first kappa shape index (κ1) is 32.7. The molecule has 0 spiro atoms. The van der Waals surface area contributed by atoms with Crippen molar-refractivity contribution in [2.75, 3.05) is 0 Å². The van der Waals surface area contributed by atoms with E-state index in [2.05, 4.69) is 23.7 Å². The third-order valence-corrected chi connectivity index (χ3v) is 9.91. The van der Waals surface area contributed by atoms with Gasteiger partial charge in [0, 0.05) is 20.9 Å². The van der Waals surface area contributed by atoms with Crippen molar-refractivity contribution in [1.82, 2.24) is 0 Å². The Bertz CT molecular complexity index is 1980. The van der Waals surface area contributed by atoms with Crippen LogP contribution in [0.4, 0.5) is 17.6 Å². The summed E-state index contributed by atoms with van der Waals surface area (Å²) < 4.78 is 54.3. The molecule has 1 nitrogen and oxygen atoms in total. The van der Waals surface area contributed by atoms with E-state index in [4.69, 9.17) is 0 Å². The molecule has 6 aromatic rings. The zero-order valence-corrected chi connectivity index (χ0v) is 27.0. The molecule has 4 aromatic carbocycles. The molecule has 6 rings (SSSR count). The van der Waals surface area contributed by atoms with E-state index in [0.717, 1.165) is 30.6 Å². The molecule has 0 amide bonds. The van der Waals surface area contributed by atoms with Gasteiger partial charge in [-0.1, -0.05) is 47.9 Å². The van der Waals surface area contributed by atoms with Gasteiger partial charge < -0.3 is 0 Å². The van der Waals surface area contributed by atoms with Crippen molar-refractivity contribution in [3.63, 3.8) is 0 Å². The Balaban J connectivity index is 1.35. The average molecular weight is 675 g/mol. The Morgan fingerprint density at radius 2 is 0.792 bits per heavy atom. The van der Waals surface area contributed by atoms with Gasteiger partial charge in [0.1, 0.15) is 29.1 Å². The summed E-state index contributed by atoms with van der Waals surface area (Å²) in [7, 11) is 0. The lowest BCUT2D eigenvalue weighted by Crippen LogP contribution is -2.23. The maximum atomic E-state index is 14.8. The standard InChI is InChI=1S/C41H26F4OS2/c42-31-11-1-27(2-12-31)9-19-35-21-23-39(47-35)37(25-29-5-15-33(44)16-6-29)41(46)38(26-30-7-17-34(45)18-8-30)40-24-22-36(48-40)20-10-28-3-13-32(43)14-4-28/h1-8,11-18,21-24,37-38H,25-26H2. The van der Waals surface area contributed by atoms with Crippen LogP contribution in [0.5, 0.6) is 0 Å². The monoisotopic (exact) mass is 674 g/mol. The van der Waals surface area contributed by atoms with E-state index < -0.39 is 11.8 Å². The molecule has 0 saturated heterocycles. The lowest BCUT2D eigenvalue weighted by Gasteiger charge is -2.22. The van der Waals surface area contributed by atoms with Gasteiger partial charge in [0.25, 0.3) is 0 Å². The van der Waals surface area contributed by atoms with Gasteiger partial charge in [-0.2, -0.15) is 0 Å². The van der Waals surface area contributed by atoms with Crippen LogP contribution in [0.1, 0.15) is 53.6 Å². The van der Waals surface area contributed by atoms with E-state index in [1.165, 1.54) is 71.2 Å². The highest BCUT2D eigenvalue weighted by Gasteiger charge is 2.32. The van der Waals surface area contributed by atoms with E-state index >= 15 is 0 Å². The SMILES string of the molecule is O=C(C(Cc1ccc(F)cc1)c1ccc(C#Cc2ccc(F)cc2)s1)C(Cc1ccc(F)cc1)c1ccc(C#Cc2ccc(F)cc2)s1. The number of thiophene rings is 2. The Hall–Kier alpha value is -5.21. The molecule has 7 heteroatoms. The van der Waals surface area contributed by atoms with Gasteiger partial charge >= 0.3 is 0 Å². The summed E-state index contributed by atoms with van der Waals surface area (Å²) in [6.45, 7) is 0. The van der Waals surface area contributed by atoms with Gasteiger partial charge in [0.15, 0.2) is 0 Å². The van der Waals surface area contributed by atoms with Crippen molar-refractivity contribution >= 4 is 28.5 Å². The highest BCUT2D eigenvalue weighted by Crippen LogP contribution is 2.37. The largest absolute Gasteiger partial charge is 0.298 e. The number of Topliss-reactive ketones (excluding diaryl/α,β-unsaturated/α-hetero) is 1. The molecule has 0 fully saturated rings. The number of benzene rings is 4. The summed E-state index contributed by atoms with van der Waals surface area (Å²) in [6.07, 6.45) is 0.681. The summed E-state index contributed by atoms with van der Waals surface area (Å²) in [6, 6.07) is 31.6. The van der Waals surface area contributed by atoms with Gasteiger partial charge in [0.2, 0.25) is 0 Å². The van der Waals surface area contributed by atoms with Gasteiger partial charge in [-0.05, 0) is 121 Å². The van der Waals surface area contributed by atoms with Gasteiger partial charge in [-0.25, -0.2) is 17.6 Å². The molecule has 0 aliphatic heterocycles. The summed E-state index contributed by atoms with van der Waals surface area (Å²) >= 11 is 2.82. The summed E-state index contributed by atoms with van der Waals surface area (Å²) in [5.41, 5.74) is 2.95. The van der Waals surface area contributed by atoms with Gasteiger partial charge in [-0.3, -0.25) is 4.79 Å². The smallest absolute Gasteiger partial charge is 0.150 e. The van der Waals surface area contributed by atoms with Crippen LogP contribution in [-0.4, -0.2) is 5.78 Å². The molecule has 0 saturated carbocycles. The van der Waals surface area contributed by atoms with Crippen LogP contribution in [0, 0.1) is 47.0 Å². The zero-order valence-electron chi connectivity index (χ0n) is 25.4. The van der Waals surface area contributed by atoms with Gasteiger partial charge in [-0.15, -0.1) is 22.7 Å². The minimum atomic E-state index is -0.580. The van der Waals surface area contributed by atoms with Crippen LogP contribution < -0.4 is 0 Å². The Morgan fingerprint density at radius 3 is 1.15 bits per heavy atom. The third-order valence-electron chi connectivity index (χ3n) is 7.68. The highest BCUT2D eigenvalue weighted by molar-refractivity contribution is 7.13. The lowest BCUT2D eigenvalue weighted by atomic mass is 9.83. The van der Waals surface area contributed by atoms with Crippen molar-refractivity contribution in [1.29, 1.82) is 0 Å². The number of carbonyl (C=O) groups excluding carboxylic acids is 1. The predicted molar refractivity (Wildman–Crippen MR) is 184 cm³/mol. The molecule has 0 aliphatic rings. The number of hydrogen-bond donors (Lipinski definition) is 0. The first-order chi connectivity index (χ1) is 23.3. The predicted octanol–water partition coefficient (Wildman–Crippen LogP) is 10.1. The fourth-order valence-electron chi connectivity index (χ4n) is 5.19. The van der Waals surface area contributed by atoms with Gasteiger partial charge in [0.05, 0.1) is 21.6 Å². The number of carbonyl (C=O) groups is 1. The van der Waals surface area contributed by atoms with Crippen LogP contribution in [0.2, 0.25) is 0 Å². The first-order valence-corrected chi connectivity index (χ1v) is 16.7. The molecule has 0 N–H and O–H groups in total. The summed E-state index contributed by atoms with van der Waals surface area (Å²) in [4.78, 5) is 17.9. The minimum Gasteiger partial charge on any atom is -0.298 e. The Labute approximate surface area is 284 Å². The number of halogens is 4. The second kappa shape index (κ2) is 15.1. The molecule has 236 valence electrons. The molecular formula is C41H26F4OS2. The third kappa shape index (κ3) is 8.57. The molecule has 48 heavy (non-hydrogen) atoms. The molecule has 2 unspecified atom stereocenters. The maximum absolute atomic E-state index is 14.8. The van der Waals surface area contributed by atoms with Crippen LogP contribution in [0.15, 0.2) is 121 Å². The highest BCUT2D eigenvalue weighted by atomic mass is 32.1. The Kier molecular flexibility index (Phi) is 10.3. The molecular weight excluding hydrogens is 649 g/mol. The molecule has 0 bridgehead atoms. The van der Waals surface area contributed by atoms with E-state index in [0.29, 0.717) is 24.0 Å². The van der Waals surface area contributed by atoms with Crippen molar-refractivity contribution in [2.24, 2.45) is 0 Å². The van der Waals surface area contributed by atoms with Crippen LogP contribution in [0.25, 0.3) is 0 Å². The molecule has 0 aliphatic carbocycles. The van der Waals surface area contributed by atoms with E-state index in [9.17, 15) is 22.4 Å². The molecule has 0 radical (unpaired) electrons. The normalized spacial score (nSPS) is 11.9. The second-order valence-electron chi connectivity index (χ2n) is 11.1. The van der Waals surface area contributed by atoms with E-state index in [1.807, 2.05) is 24.3 Å². The maximum Gasteiger partial charge on any atom is 0.150 e. The average Bonchev–Trinajstić information content (AvgIpc) is 3.77. The quantitative estimate of drug-likeness (QED) is 0.116. The van der Waals surface area contributed by atoms with Crippen LogP contribution >= 0.6 is 22.7 Å². The first-order valence-electron chi connectivity index (χ1n) is 15.1. The van der Waals surface area contributed by atoms with Crippen molar-refractivity contribution in [3.05, 3.63) is 186 Å². The minimum absolute atomic E-state index is 0.0385. The van der Waals surface area contributed by atoms with Crippen LogP contribution in [-0.2, 0) is 17.6 Å². The summed E-state index contributed by atoms with van der Waals surface area (Å²) in [5, 5.41) is 0. The van der Waals surface area contributed by atoms with Crippen molar-refractivity contribution < 1.29 is 22.4 Å². The summed E-state index contributed by atoms with van der Waals surface area (Å²) in [5.74, 6) is 9.74. The fraction of sp³-hybridized carbons (Fsp3) is 0.0976. The fourth-order valence-corrected chi connectivity index (χ4v) is 7.13. The number of hydrogen-bond acceptors (Lipinski definition) is 3. The Morgan fingerprint density at radius 1 is 0.458 bits per heavy atom. The van der Waals surface area contributed by atoms with Crippen LogP contribution in [0.3, 0.4) is 0 Å². The molecule has 2 atom stereocenters. The zero-order chi connectivity index (χ0) is 33.5. The number of ketones is 1. The lowest BCUT2D eigenvalue weighted by molar-refractivity contribution is -0.121. The van der Waals surface area contributed by atoms with Crippen molar-refractivity contribution in [3.8, 4) is 23.7 Å². The second-order valence-corrected chi connectivity index (χ2v) is 13.3. The number of rotatable bonds is 8. The topological polar surface area (TPSA) is 17.1 Å². The molecule has 2 aromatic heterocycles. The van der Waals surface area contributed by atoms with Crippen molar-refractivity contribution in [2.45, 2.75) is 24.7 Å². The molecule has 2 heterocycles. The van der Waals surface area contributed by atoms with E-state index in [1.54, 1.807) is 48.5 Å².